The van der Waals surface area contributed by atoms with Crippen molar-refractivity contribution in [2.24, 2.45) is 0 Å². The van der Waals surface area contributed by atoms with Crippen LogP contribution in [0.25, 0.3) is 0 Å². The molecular formula is C24H28N4O2. The smallest absolute Gasteiger partial charge is 0.134 e. The highest BCUT2D eigenvalue weighted by Gasteiger charge is 2.29. The van der Waals surface area contributed by atoms with Crippen LogP contribution in [0, 0.1) is 6.92 Å². The number of ether oxygens (including phenoxy) is 2. The SMILES string of the molecule is COc1cccc(OC)c1CN1CCC[C@H]1c1cccc(Nc2ncccc2C)n1. The maximum Gasteiger partial charge on any atom is 0.134 e. The van der Waals surface area contributed by atoms with Crippen molar-refractivity contribution in [3.05, 3.63) is 71.5 Å². The van der Waals surface area contributed by atoms with Gasteiger partial charge in [0.15, 0.2) is 0 Å². The fourth-order valence-electron chi connectivity index (χ4n) is 4.08. The first-order valence-corrected chi connectivity index (χ1v) is 10.3. The second-order valence-electron chi connectivity index (χ2n) is 7.51. The molecule has 0 aliphatic carbocycles. The minimum absolute atomic E-state index is 0.256. The van der Waals surface area contributed by atoms with Crippen LogP contribution >= 0.6 is 0 Å². The van der Waals surface area contributed by atoms with Gasteiger partial charge in [0.1, 0.15) is 23.1 Å². The quantitative estimate of drug-likeness (QED) is 0.605. The Balaban J connectivity index is 1.57. The van der Waals surface area contributed by atoms with Crippen LogP contribution in [-0.4, -0.2) is 35.6 Å². The van der Waals surface area contributed by atoms with Gasteiger partial charge in [0.25, 0.3) is 0 Å². The molecule has 6 nitrogen and oxygen atoms in total. The molecule has 1 atom stereocenters. The van der Waals surface area contributed by atoms with Gasteiger partial charge >= 0.3 is 0 Å². The highest BCUT2D eigenvalue weighted by Crippen LogP contribution is 2.37. The number of nitrogens with one attached hydrogen (secondary N) is 1. The molecule has 0 saturated carbocycles. The Morgan fingerprint density at radius 2 is 1.80 bits per heavy atom. The van der Waals surface area contributed by atoms with Gasteiger partial charge in [0.2, 0.25) is 0 Å². The molecule has 30 heavy (non-hydrogen) atoms. The molecule has 0 unspecified atom stereocenters. The number of nitrogens with zero attached hydrogens (tertiary/aromatic N) is 3. The summed E-state index contributed by atoms with van der Waals surface area (Å²) in [5.41, 5.74) is 3.24. The van der Waals surface area contributed by atoms with Crippen molar-refractivity contribution >= 4 is 11.6 Å². The van der Waals surface area contributed by atoms with Crippen LogP contribution in [0.1, 0.15) is 35.7 Å². The lowest BCUT2D eigenvalue weighted by Gasteiger charge is -2.26. The predicted molar refractivity (Wildman–Crippen MR) is 118 cm³/mol. The third kappa shape index (κ3) is 4.24. The number of anilines is 2. The van der Waals surface area contributed by atoms with Crippen LogP contribution in [0.15, 0.2) is 54.7 Å². The van der Waals surface area contributed by atoms with Crippen molar-refractivity contribution in [1.29, 1.82) is 0 Å². The maximum atomic E-state index is 5.60. The van der Waals surface area contributed by atoms with Crippen molar-refractivity contribution in [3.63, 3.8) is 0 Å². The molecule has 1 aliphatic heterocycles. The fourth-order valence-corrected chi connectivity index (χ4v) is 4.08. The van der Waals surface area contributed by atoms with Crippen molar-refractivity contribution in [2.75, 3.05) is 26.1 Å². The van der Waals surface area contributed by atoms with Gasteiger partial charge in [-0.2, -0.15) is 0 Å². The third-order valence-corrected chi connectivity index (χ3v) is 5.62. The van der Waals surface area contributed by atoms with Crippen LogP contribution in [0.4, 0.5) is 11.6 Å². The number of aryl methyl sites for hydroxylation is 1. The molecular weight excluding hydrogens is 376 g/mol. The monoisotopic (exact) mass is 404 g/mol. The van der Waals surface area contributed by atoms with Gasteiger partial charge < -0.3 is 14.8 Å². The molecule has 1 fully saturated rings. The zero-order valence-corrected chi connectivity index (χ0v) is 17.8. The summed E-state index contributed by atoms with van der Waals surface area (Å²) in [4.78, 5) is 11.8. The van der Waals surface area contributed by atoms with Crippen molar-refractivity contribution in [1.82, 2.24) is 14.9 Å². The Kier molecular flexibility index (Phi) is 6.14. The zero-order valence-electron chi connectivity index (χ0n) is 17.8. The van der Waals surface area contributed by atoms with E-state index in [2.05, 4.69) is 27.3 Å². The highest BCUT2D eigenvalue weighted by molar-refractivity contribution is 5.55. The van der Waals surface area contributed by atoms with Crippen molar-refractivity contribution in [2.45, 2.75) is 32.4 Å². The summed E-state index contributed by atoms with van der Waals surface area (Å²) in [6, 6.07) is 16.3. The second kappa shape index (κ2) is 9.13. The van der Waals surface area contributed by atoms with Gasteiger partial charge in [0.05, 0.1) is 31.5 Å². The number of hydrogen-bond acceptors (Lipinski definition) is 6. The molecule has 2 aromatic heterocycles. The molecule has 1 N–H and O–H groups in total. The zero-order chi connectivity index (χ0) is 20.9. The van der Waals surface area contributed by atoms with Gasteiger partial charge in [0, 0.05) is 12.7 Å². The molecule has 1 aliphatic rings. The van der Waals surface area contributed by atoms with Crippen LogP contribution in [0.3, 0.4) is 0 Å². The largest absolute Gasteiger partial charge is 0.496 e. The number of aromatic nitrogens is 2. The molecule has 3 heterocycles. The summed E-state index contributed by atoms with van der Waals surface area (Å²) in [5.74, 6) is 3.36. The van der Waals surface area contributed by atoms with E-state index in [1.165, 1.54) is 0 Å². The van der Waals surface area contributed by atoms with Gasteiger partial charge in [-0.05, 0) is 62.2 Å². The average molecular weight is 405 g/mol. The number of pyridine rings is 2. The van der Waals surface area contributed by atoms with E-state index in [9.17, 15) is 0 Å². The summed E-state index contributed by atoms with van der Waals surface area (Å²) in [6.07, 6.45) is 4.01. The van der Waals surface area contributed by atoms with Gasteiger partial charge in [-0.1, -0.05) is 18.2 Å². The molecule has 6 heteroatoms. The van der Waals surface area contributed by atoms with E-state index < -0.39 is 0 Å². The minimum Gasteiger partial charge on any atom is -0.496 e. The summed E-state index contributed by atoms with van der Waals surface area (Å²) in [7, 11) is 3.41. The van der Waals surface area contributed by atoms with E-state index in [1.54, 1.807) is 20.4 Å². The number of methoxy groups -OCH3 is 2. The molecule has 156 valence electrons. The van der Waals surface area contributed by atoms with Crippen LogP contribution < -0.4 is 14.8 Å². The average Bonchev–Trinajstić information content (AvgIpc) is 3.24. The Morgan fingerprint density at radius 3 is 2.53 bits per heavy atom. The van der Waals surface area contributed by atoms with Crippen LogP contribution in [0.2, 0.25) is 0 Å². The number of benzene rings is 1. The van der Waals surface area contributed by atoms with E-state index >= 15 is 0 Å². The van der Waals surface area contributed by atoms with E-state index in [4.69, 9.17) is 14.5 Å². The minimum atomic E-state index is 0.256. The molecule has 1 aromatic carbocycles. The Morgan fingerprint density at radius 1 is 1.03 bits per heavy atom. The first kappa shape index (κ1) is 20.2. The second-order valence-corrected chi connectivity index (χ2v) is 7.51. The summed E-state index contributed by atoms with van der Waals surface area (Å²) < 4.78 is 11.2. The fraction of sp³-hybridized carbons (Fsp3) is 0.333. The van der Waals surface area contributed by atoms with E-state index in [0.29, 0.717) is 0 Å². The van der Waals surface area contributed by atoms with Gasteiger partial charge in [-0.25, -0.2) is 9.97 Å². The molecule has 0 radical (unpaired) electrons. The van der Waals surface area contributed by atoms with Gasteiger partial charge in [-0.3, -0.25) is 4.90 Å². The molecule has 3 aromatic rings. The number of likely N-dealkylation sites (tertiary alicyclic amines) is 1. The van der Waals surface area contributed by atoms with E-state index in [-0.39, 0.29) is 6.04 Å². The Bertz CT molecular complexity index is 986. The summed E-state index contributed by atoms with van der Waals surface area (Å²) in [5, 5.41) is 3.36. The lowest BCUT2D eigenvalue weighted by Crippen LogP contribution is -2.24. The number of rotatable bonds is 7. The molecule has 0 spiro atoms. The van der Waals surface area contributed by atoms with E-state index in [1.807, 2.05) is 43.3 Å². The first-order valence-electron chi connectivity index (χ1n) is 10.3. The molecule has 0 amide bonds. The summed E-state index contributed by atoms with van der Waals surface area (Å²) in [6.45, 7) is 3.82. The van der Waals surface area contributed by atoms with Gasteiger partial charge in [-0.15, -0.1) is 0 Å². The normalized spacial score (nSPS) is 16.4. The van der Waals surface area contributed by atoms with Crippen molar-refractivity contribution in [3.8, 4) is 11.5 Å². The Labute approximate surface area is 177 Å². The maximum absolute atomic E-state index is 5.60. The number of hydrogen-bond donors (Lipinski definition) is 1. The summed E-state index contributed by atoms with van der Waals surface area (Å²) >= 11 is 0. The Hall–Kier alpha value is -3.12. The standard InChI is InChI=1S/C24H28N4O2/c1-17-8-6-14-25-24(17)27-23-13-4-9-19(26-23)20-10-7-15-28(20)16-18-21(29-2)11-5-12-22(18)30-3/h4-6,8-9,11-14,20H,7,10,15-16H2,1-3H3,(H,25,26,27)/t20-/m0/s1. The van der Waals surface area contributed by atoms with E-state index in [0.717, 1.165) is 65.9 Å². The topological polar surface area (TPSA) is 59.5 Å². The lowest BCUT2D eigenvalue weighted by molar-refractivity contribution is 0.236. The van der Waals surface area contributed by atoms with Crippen molar-refractivity contribution < 1.29 is 9.47 Å². The van der Waals surface area contributed by atoms with Crippen LogP contribution in [0.5, 0.6) is 11.5 Å². The molecule has 1 saturated heterocycles. The first-order chi connectivity index (χ1) is 14.7. The molecule has 4 rings (SSSR count). The molecule has 0 bridgehead atoms. The highest BCUT2D eigenvalue weighted by atomic mass is 16.5. The third-order valence-electron chi connectivity index (χ3n) is 5.62. The lowest BCUT2D eigenvalue weighted by atomic mass is 10.1. The van der Waals surface area contributed by atoms with Crippen LogP contribution in [-0.2, 0) is 6.54 Å². The predicted octanol–water partition coefficient (Wildman–Crippen LogP) is 4.88.